The standard InChI is InChI=1S/C13H17N5O3/c1-8(11-5-14-17(3)9(11)2)16-12(19)7-18-6-10(4-15-18)13(20)21/h4-6,8H,7H2,1-3H3,(H,16,19)(H,20,21). The van der Waals surface area contributed by atoms with Crippen molar-refractivity contribution in [2.75, 3.05) is 0 Å². The van der Waals surface area contributed by atoms with E-state index in [-0.39, 0.29) is 24.1 Å². The predicted molar refractivity (Wildman–Crippen MR) is 73.7 cm³/mol. The lowest BCUT2D eigenvalue weighted by Gasteiger charge is -2.13. The maximum atomic E-state index is 11.9. The van der Waals surface area contributed by atoms with E-state index in [2.05, 4.69) is 15.5 Å². The minimum absolute atomic E-state index is 0.0308. The molecule has 2 heterocycles. The summed E-state index contributed by atoms with van der Waals surface area (Å²) in [5.74, 6) is -1.31. The summed E-state index contributed by atoms with van der Waals surface area (Å²) in [6.07, 6.45) is 4.25. The molecule has 21 heavy (non-hydrogen) atoms. The average Bonchev–Trinajstić information content (AvgIpc) is 2.98. The molecular weight excluding hydrogens is 274 g/mol. The van der Waals surface area contributed by atoms with Gasteiger partial charge in [-0.25, -0.2) is 4.79 Å². The Morgan fingerprint density at radius 2 is 2.10 bits per heavy atom. The Morgan fingerprint density at radius 3 is 2.62 bits per heavy atom. The molecule has 0 aliphatic carbocycles. The van der Waals surface area contributed by atoms with E-state index in [1.165, 1.54) is 17.1 Å². The molecule has 1 atom stereocenters. The summed E-state index contributed by atoms with van der Waals surface area (Å²) in [5, 5.41) is 19.6. The number of rotatable bonds is 5. The number of hydrogen-bond donors (Lipinski definition) is 2. The zero-order valence-corrected chi connectivity index (χ0v) is 12.1. The van der Waals surface area contributed by atoms with Gasteiger partial charge in [0.15, 0.2) is 0 Å². The highest BCUT2D eigenvalue weighted by Gasteiger charge is 2.15. The van der Waals surface area contributed by atoms with Crippen molar-refractivity contribution in [3.8, 4) is 0 Å². The van der Waals surface area contributed by atoms with Crippen LogP contribution in [0.1, 0.15) is 34.6 Å². The Balaban J connectivity index is 1.97. The first-order valence-electron chi connectivity index (χ1n) is 6.42. The molecule has 2 N–H and O–H groups in total. The lowest BCUT2D eigenvalue weighted by atomic mass is 10.1. The van der Waals surface area contributed by atoms with Crippen molar-refractivity contribution in [2.24, 2.45) is 7.05 Å². The van der Waals surface area contributed by atoms with Gasteiger partial charge in [0.1, 0.15) is 6.54 Å². The minimum Gasteiger partial charge on any atom is -0.478 e. The third-order valence-corrected chi connectivity index (χ3v) is 3.30. The van der Waals surface area contributed by atoms with Gasteiger partial charge < -0.3 is 10.4 Å². The molecule has 0 aromatic carbocycles. The highest BCUT2D eigenvalue weighted by Crippen LogP contribution is 2.15. The summed E-state index contributed by atoms with van der Waals surface area (Å²) < 4.78 is 3.03. The zero-order chi connectivity index (χ0) is 15.6. The molecule has 2 rings (SSSR count). The Hall–Kier alpha value is -2.64. The molecule has 0 spiro atoms. The molecule has 0 saturated carbocycles. The molecule has 0 bridgehead atoms. The third-order valence-electron chi connectivity index (χ3n) is 3.30. The number of nitrogens with zero attached hydrogens (tertiary/aromatic N) is 4. The Kier molecular flexibility index (Phi) is 4.06. The zero-order valence-electron chi connectivity index (χ0n) is 12.1. The fourth-order valence-electron chi connectivity index (χ4n) is 2.01. The van der Waals surface area contributed by atoms with Crippen LogP contribution in [0.4, 0.5) is 0 Å². The van der Waals surface area contributed by atoms with E-state index >= 15 is 0 Å². The normalized spacial score (nSPS) is 12.1. The lowest BCUT2D eigenvalue weighted by molar-refractivity contribution is -0.122. The first kappa shape index (κ1) is 14.8. The fourth-order valence-corrected chi connectivity index (χ4v) is 2.01. The highest BCUT2D eigenvalue weighted by atomic mass is 16.4. The van der Waals surface area contributed by atoms with Crippen LogP contribution in [0.15, 0.2) is 18.6 Å². The van der Waals surface area contributed by atoms with Crippen molar-refractivity contribution < 1.29 is 14.7 Å². The van der Waals surface area contributed by atoms with Crippen molar-refractivity contribution in [3.05, 3.63) is 35.4 Å². The predicted octanol–water partition coefficient (Wildman–Crippen LogP) is 0.501. The molecule has 0 aliphatic heterocycles. The molecule has 1 amide bonds. The Bertz CT molecular complexity index is 673. The topological polar surface area (TPSA) is 102 Å². The van der Waals surface area contributed by atoms with Crippen LogP contribution in [0.2, 0.25) is 0 Å². The smallest absolute Gasteiger partial charge is 0.338 e. The van der Waals surface area contributed by atoms with Crippen LogP contribution >= 0.6 is 0 Å². The molecule has 0 radical (unpaired) electrons. The molecule has 8 heteroatoms. The van der Waals surface area contributed by atoms with Gasteiger partial charge in [0.05, 0.1) is 24.0 Å². The quantitative estimate of drug-likeness (QED) is 0.835. The monoisotopic (exact) mass is 291 g/mol. The average molecular weight is 291 g/mol. The van der Waals surface area contributed by atoms with Crippen LogP contribution in [0, 0.1) is 6.92 Å². The van der Waals surface area contributed by atoms with Gasteiger partial charge in [-0.15, -0.1) is 0 Å². The van der Waals surface area contributed by atoms with E-state index in [0.717, 1.165) is 11.3 Å². The van der Waals surface area contributed by atoms with Crippen LogP contribution in [0.3, 0.4) is 0 Å². The Morgan fingerprint density at radius 1 is 1.38 bits per heavy atom. The van der Waals surface area contributed by atoms with E-state index in [9.17, 15) is 9.59 Å². The minimum atomic E-state index is -1.07. The highest BCUT2D eigenvalue weighted by molar-refractivity contribution is 5.87. The van der Waals surface area contributed by atoms with E-state index in [0.29, 0.717) is 0 Å². The molecular formula is C13H17N5O3. The summed E-state index contributed by atoms with van der Waals surface area (Å²) in [4.78, 5) is 22.7. The number of aromatic carboxylic acids is 1. The van der Waals surface area contributed by atoms with Crippen LogP contribution in [-0.4, -0.2) is 36.5 Å². The van der Waals surface area contributed by atoms with Crippen LogP contribution in [-0.2, 0) is 18.4 Å². The van der Waals surface area contributed by atoms with Gasteiger partial charge in [-0.2, -0.15) is 10.2 Å². The van der Waals surface area contributed by atoms with Crippen LogP contribution in [0.25, 0.3) is 0 Å². The molecule has 0 fully saturated rings. The van der Waals surface area contributed by atoms with Gasteiger partial charge in [0.2, 0.25) is 5.91 Å². The second kappa shape index (κ2) is 5.78. The third kappa shape index (κ3) is 3.28. The molecule has 0 aliphatic rings. The number of aromatic nitrogens is 4. The first-order valence-corrected chi connectivity index (χ1v) is 6.42. The van der Waals surface area contributed by atoms with Gasteiger partial charge in [-0.3, -0.25) is 14.2 Å². The molecule has 112 valence electrons. The lowest BCUT2D eigenvalue weighted by Crippen LogP contribution is -2.30. The number of amides is 1. The summed E-state index contributed by atoms with van der Waals surface area (Å²) >= 11 is 0. The summed E-state index contributed by atoms with van der Waals surface area (Å²) in [7, 11) is 1.84. The SMILES string of the molecule is Cc1c(C(C)NC(=O)Cn2cc(C(=O)O)cn2)cnn1C. The van der Waals surface area contributed by atoms with Crippen molar-refractivity contribution in [1.82, 2.24) is 24.9 Å². The largest absolute Gasteiger partial charge is 0.478 e. The number of carbonyl (C=O) groups is 2. The van der Waals surface area contributed by atoms with Gasteiger partial charge in [-0.1, -0.05) is 0 Å². The summed E-state index contributed by atoms with van der Waals surface area (Å²) in [6.45, 7) is 3.77. The summed E-state index contributed by atoms with van der Waals surface area (Å²) in [5.41, 5.74) is 1.98. The van der Waals surface area contributed by atoms with Crippen LogP contribution < -0.4 is 5.32 Å². The number of hydrogen-bond acceptors (Lipinski definition) is 4. The molecule has 1 unspecified atom stereocenters. The van der Waals surface area contributed by atoms with Crippen LogP contribution in [0.5, 0.6) is 0 Å². The van der Waals surface area contributed by atoms with Crippen molar-refractivity contribution in [3.63, 3.8) is 0 Å². The number of aryl methyl sites for hydroxylation is 1. The number of carboxylic acids is 1. The molecule has 2 aromatic heterocycles. The Labute approximate surface area is 121 Å². The first-order chi connectivity index (χ1) is 9.88. The summed E-state index contributed by atoms with van der Waals surface area (Å²) in [6, 6.07) is -0.180. The number of carboxylic acid groups (broad SMARTS) is 1. The number of nitrogens with one attached hydrogen (secondary N) is 1. The van der Waals surface area contributed by atoms with Gasteiger partial charge in [0, 0.05) is 24.5 Å². The van der Waals surface area contributed by atoms with E-state index in [4.69, 9.17) is 5.11 Å². The van der Waals surface area contributed by atoms with Gasteiger partial charge >= 0.3 is 5.97 Å². The molecule has 8 nitrogen and oxygen atoms in total. The second-order valence-corrected chi connectivity index (χ2v) is 4.83. The van der Waals surface area contributed by atoms with E-state index in [1.807, 2.05) is 20.9 Å². The van der Waals surface area contributed by atoms with Crippen molar-refractivity contribution >= 4 is 11.9 Å². The maximum Gasteiger partial charge on any atom is 0.338 e. The van der Waals surface area contributed by atoms with E-state index in [1.54, 1.807) is 10.9 Å². The maximum absolute atomic E-state index is 11.9. The van der Waals surface area contributed by atoms with Crippen molar-refractivity contribution in [1.29, 1.82) is 0 Å². The van der Waals surface area contributed by atoms with Crippen molar-refractivity contribution in [2.45, 2.75) is 26.4 Å². The molecule has 0 saturated heterocycles. The molecule has 2 aromatic rings. The second-order valence-electron chi connectivity index (χ2n) is 4.83. The number of carbonyl (C=O) groups excluding carboxylic acids is 1. The fraction of sp³-hybridized carbons (Fsp3) is 0.385. The van der Waals surface area contributed by atoms with Gasteiger partial charge in [-0.05, 0) is 13.8 Å². The van der Waals surface area contributed by atoms with E-state index < -0.39 is 5.97 Å². The van der Waals surface area contributed by atoms with Gasteiger partial charge in [0.25, 0.3) is 0 Å².